The van der Waals surface area contributed by atoms with Gasteiger partial charge in [-0.05, 0) is 100 Å². The first-order chi connectivity index (χ1) is 23.4. The Morgan fingerprint density at radius 3 is 2.37 bits per heavy atom. The van der Waals surface area contributed by atoms with E-state index in [0.29, 0.717) is 36.8 Å². The molecule has 4 atom stereocenters. The molecule has 3 amide bonds. The molecule has 49 heavy (non-hydrogen) atoms. The number of fused-ring (bicyclic) bond motifs is 1. The predicted molar refractivity (Wildman–Crippen MR) is 186 cm³/mol. The Morgan fingerprint density at radius 2 is 1.69 bits per heavy atom. The van der Waals surface area contributed by atoms with Crippen molar-refractivity contribution in [1.82, 2.24) is 9.80 Å². The SMILES string of the molecule is C[C@@H]1CN([C@H](C)CO)C(=O)c2cc(NC(=O)Nc3ccc(F)cc3)ccc2O[C@@H](C)CCCCO[C@@H]1CN(C)Cc1ccc(C(=O)O)cc1. The highest BCUT2D eigenvalue weighted by molar-refractivity contribution is 6.02. The lowest BCUT2D eigenvalue weighted by atomic mass is 10.0. The monoisotopic (exact) mass is 678 g/mol. The number of halogens is 1. The number of rotatable bonds is 9. The van der Waals surface area contributed by atoms with Crippen LogP contribution in [0.2, 0.25) is 0 Å². The summed E-state index contributed by atoms with van der Waals surface area (Å²) in [7, 11) is 1.97. The highest BCUT2D eigenvalue weighted by Crippen LogP contribution is 2.29. The second-order valence-electron chi connectivity index (χ2n) is 12.8. The average molecular weight is 679 g/mol. The number of benzene rings is 3. The van der Waals surface area contributed by atoms with Crippen LogP contribution >= 0.6 is 0 Å². The molecule has 4 N–H and O–H groups in total. The number of carbonyl (C=O) groups is 3. The van der Waals surface area contributed by atoms with Gasteiger partial charge in [-0.25, -0.2) is 14.0 Å². The minimum Gasteiger partial charge on any atom is -0.490 e. The van der Waals surface area contributed by atoms with Crippen LogP contribution in [0.1, 0.15) is 66.3 Å². The van der Waals surface area contributed by atoms with Crippen molar-refractivity contribution < 1.29 is 38.5 Å². The van der Waals surface area contributed by atoms with E-state index in [2.05, 4.69) is 15.5 Å². The molecule has 0 aliphatic carbocycles. The van der Waals surface area contributed by atoms with E-state index < -0.39 is 23.9 Å². The van der Waals surface area contributed by atoms with Gasteiger partial charge in [0.05, 0.1) is 36.0 Å². The molecule has 1 heterocycles. The third-order valence-electron chi connectivity index (χ3n) is 8.56. The number of nitrogens with one attached hydrogen (secondary N) is 2. The van der Waals surface area contributed by atoms with Gasteiger partial charge in [0, 0.05) is 43.5 Å². The number of aromatic carboxylic acids is 1. The fourth-order valence-electron chi connectivity index (χ4n) is 5.73. The van der Waals surface area contributed by atoms with Gasteiger partial charge in [0.2, 0.25) is 0 Å². The van der Waals surface area contributed by atoms with Crippen molar-refractivity contribution in [2.45, 2.75) is 64.8 Å². The van der Waals surface area contributed by atoms with Gasteiger partial charge in [0.25, 0.3) is 5.91 Å². The molecule has 0 bridgehead atoms. The minimum absolute atomic E-state index is 0.135. The van der Waals surface area contributed by atoms with Crippen LogP contribution in [0.4, 0.5) is 20.6 Å². The van der Waals surface area contributed by atoms with Crippen LogP contribution < -0.4 is 15.4 Å². The topological polar surface area (TPSA) is 141 Å². The number of carbonyl (C=O) groups excluding carboxylic acids is 2. The molecule has 3 aromatic carbocycles. The Bertz CT molecular complexity index is 1550. The molecule has 0 spiro atoms. The van der Waals surface area contributed by atoms with Gasteiger partial charge in [-0.3, -0.25) is 9.69 Å². The summed E-state index contributed by atoms with van der Waals surface area (Å²) < 4.78 is 26.0. The van der Waals surface area contributed by atoms with E-state index in [-0.39, 0.29) is 48.3 Å². The maximum Gasteiger partial charge on any atom is 0.335 e. The summed E-state index contributed by atoms with van der Waals surface area (Å²) in [6.45, 7) is 7.44. The maximum absolute atomic E-state index is 14.3. The Morgan fingerprint density at radius 1 is 1.02 bits per heavy atom. The lowest BCUT2D eigenvalue weighted by Gasteiger charge is -2.36. The van der Waals surface area contributed by atoms with E-state index in [1.54, 1.807) is 54.3 Å². The first-order valence-electron chi connectivity index (χ1n) is 16.6. The number of carboxylic acid groups (broad SMARTS) is 1. The number of anilines is 2. The highest BCUT2D eigenvalue weighted by atomic mass is 19.1. The van der Waals surface area contributed by atoms with Crippen LogP contribution in [-0.2, 0) is 11.3 Å². The Kier molecular flexibility index (Phi) is 13.5. The molecule has 1 aliphatic rings. The van der Waals surface area contributed by atoms with Crippen LogP contribution in [0.25, 0.3) is 0 Å². The largest absolute Gasteiger partial charge is 0.490 e. The molecule has 4 rings (SSSR count). The van der Waals surface area contributed by atoms with E-state index >= 15 is 0 Å². The zero-order chi connectivity index (χ0) is 35.5. The molecule has 0 saturated heterocycles. The van der Waals surface area contributed by atoms with Crippen molar-refractivity contribution >= 4 is 29.3 Å². The number of urea groups is 1. The molecule has 0 fully saturated rings. The smallest absolute Gasteiger partial charge is 0.335 e. The molecule has 0 unspecified atom stereocenters. The second kappa shape index (κ2) is 17.8. The molecule has 264 valence electrons. The van der Waals surface area contributed by atoms with Crippen LogP contribution in [0, 0.1) is 11.7 Å². The second-order valence-corrected chi connectivity index (χ2v) is 12.8. The summed E-state index contributed by atoms with van der Waals surface area (Å²) >= 11 is 0. The van der Waals surface area contributed by atoms with E-state index in [1.807, 2.05) is 20.9 Å². The summed E-state index contributed by atoms with van der Waals surface area (Å²) in [4.78, 5) is 42.1. The molecular formula is C37H47FN4O7. The van der Waals surface area contributed by atoms with E-state index in [1.165, 1.54) is 24.3 Å². The van der Waals surface area contributed by atoms with Crippen molar-refractivity contribution in [3.05, 3.63) is 89.2 Å². The number of amides is 3. The van der Waals surface area contributed by atoms with E-state index in [9.17, 15) is 29.0 Å². The Balaban J connectivity index is 1.56. The third kappa shape index (κ3) is 11.0. The Hall–Kier alpha value is -4.52. The van der Waals surface area contributed by atoms with E-state index in [4.69, 9.17) is 9.47 Å². The molecule has 1 aliphatic heterocycles. The zero-order valence-corrected chi connectivity index (χ0v) is 28.5. The fraction of sp³-hybridized carbons (Fsp3) is 0.432. The van der Waals surface area contributed by atoms with Crippen LogP contribution in [0.15, 0.2) is 66.7 Å². The third-order valence-corrected chi connectivity index (χ3v) is 8.56. The summed E-state index contributed by atoms with van der Waals surface area (Å²) in [5.74, 6) is -1.51. The molecule has 12 heteroatoms. The molecule has 0 saturated carbocycles. The standard InChI is InChI=1S/C37H47FN4O7/c1-24-20-42(25(2)23-43)35(44)32-19-31(40-37(47)39-30-14-12-29(38)13-15-30)16-17-33(32)49-26(3)7-5-6-18-48-34(24)22-41(4)21-27-8-10-28(11-9-27)36(45)46/h8-17,19,24-26,34,43H,5-7,18,20-23H2,1-4H3,(H,45,46)(H2,39,40,47)/t24-,25-,26+,34-/m1/s1. The number of aliphatic hydroxyl groups excluding tert-OH is 1. The molecular weight excluding hydrogens is 631 g/mol. The van der Waals surface area contributed by atoms with Crippen LogP contribution in [-0.4, -0.2) is 89.5 Å². The minimum atomic E-state index is -0.971. The fourth-order valence-corrected chi connectivity index (χ4v) is 5.73. The predicted octanol–water partition coefficient (Wildman–Crippen LogP) is 6.10. The molecule has 3 aromatic rings. The van der Waals surface area contributed by atoms with Crippen molar-refractivity contribution in [3.8, 4) is 5.75 Å². The Labute approximate surface area is 287 Å². The van der Waals surface area contributed by atoms with Crippen molar-refractivity contribution in [2.24, 2.45) is 5.92 Å². The maximum atomic E-state index is 14.3. The number of hydrogen-bond acceptors (Lipinski definition) is 7. The molecule has 0 radical (unpaired) electrons. The number of carboxylic acids is 1. The van der Waals surface area contributed by atoms with E-state index in [0.717, 1.165) is 24.8 Å². The van der Waals surface area contributed by atoms with Gasteiger partial charge in [0.15, 0.2) is 0 Å². The van der Waals surface area contributed by atoms with Crippen LogP contribution in [0.5, 0.6) is 5.75 Å². The summed E-state index contributed by atoms with van der Waals surface area (Å²) in [6, 6.07) is 16.0. The van der Waals surface area contributed by atoms with Crippen molar-refractivity contribution in [3.63, 3.8) is 0 Å². The lowest BCUT2D eigenvalue weighted by Crippen LogP contribution is -2.47. The number of aliphatic hydroxyl groups is 1. The molecule has 11 nitrogen and oxygen atoms in total. The quantitative estimate of drug-likeness (QED) is 0.213. The number of nitrogens with zero attached hydrogens (tertiary/aromatic N) is 2. The number of likely N-dealkylation sites (N-methyl/N-ethyl adjacent to an activating group) is 1. The van der Waals surface area contributed by atoms with Crippen molar-refractivity contribution in [1.29, 1.82) is 0 Å². The van der Waals surface area contributed by atoms with Crippen LogP contribution in [0.3, 0.4) is 0 Å². The van der Waals surface area contributed by atoms with Gasteiger partial charge in [0.1, 0.15) is 11.6 Å². The van der Waals surface area contributed by atoms with Gasteiger partial charge < -0.3 is 35.2 Å². The van der Waals surface area contributed by atoms with Gasteiger partial charge in [-0.1, -0.05) is 19.1 Å². The van der Waals surface area contributed by atoms with Gasteiger partial charge in [-0.15, -0.1) is 0 Å². The summed E-state index contributed by atoms with van der Waals surface area (Å²) in [5.41, 5.74) is 2.20. The number of hydrogen-bond donors (Lipinski definition) is 4. The summed E-state index contributed by atoms with van der Waals surface area (Å²) in [5, 5.41) is 24.8. The average Bonchev–Trinajstić information content (AvgIpc) is 3.07. The van der Waals surface area contributed by atoms with Gasteiger partial charge in [-0.2, -0.15) is 0 Å². The lowest BCUT2D eigenvalue weighted by molar-refractivity contribution is -0.0177. The number of ether oxygens (including phenoxy) is 2. The first-order valence-corrected chi connectivity index (χ1v) is 16.6. The zero-order valence-electron chi connectivity index (χ0n) is 28.5. The first kappa shape index (κ1) is 37.3. The normalized spacial score (nSPS) is 19.7. The summed E-state index contributed by atoms with van der Waals surface area (Å²) in [6.07, 6.45) is 1.97. The highest BCUT2D eigenvalue weighted by Gasteiger charge is 2.30. The van der Waals surface area contributed by atoms with Gasteiger partial charge >= 0.3 is 12.0 Å². The van der Waals surface area contributed by atoms with Crippen molar-refractivity contribution in [2.75, 3.05) is 44.0 Å². The molecule has 0 aromatic heterocycles.